The highest BCUT2D eigenvalue weighted by Crippen LogP contribution is 2.39. The predicted octanol–water partition coefficient (Wildman–Crippen LogP) is 0.656. The zero-order valence-corrected chi connectivity index (χ0v) is 8.97. The van der Waals surface area contributed by atoms with Gasteiger partial charge in [-0.25, -0.2) is 0 Å². The van der Waals surface area contributed by atoms with Crippen molar-refractivity contribution in [1.29, 1.82) is 0 Å². The number of rotatable bonds is 1. The Hall–Kier alpha value is -1.13. The summed E-state index contributed by atoms with van der Waals surface area (Å²) in [7, 11) is 0. The van der Waals surface area contributed by atoms with Gasteiger partial charge in [0.2, 0.25) is 0 Å². The number of hydrogen-bond acceptors (Lipinski definition) is 4. The Morgan fingerprint density at radius 2 is 2.33 bits per heavy atom. The van der Waals surface area contributed by atoms with Crippen molar-refractivity contribution in [2.75, 3.05) is 6.54 Å². The Morgan fingerprint density at radius 3 is 3.00 bits per heavy atom. The first kappa shape index (κ1) is 10.4. The molecule has 2 atom stereocenters. The number of nitrogens with zero attached hydrogens (tertiary/aromatic N) is 1. The molecular formula is C11H16N2O2. The van der Waals surface area contributed by atoms with Gasteiger partial charge in [0.15, 0.2) is 0 Å². The van der Waals surface area contributed by atoms with E-state index >= 15 is 0 Å². The monoisotopic (exact) mass is 208 g/mol. The molecule has 15 heavy (non-hydrogen) atoms. The number of aromatic nitrogens is 1. The van der Waals surface area contributed by atoms with Gasteiger partial charge in [-0.1, -0.05) is 0 Å². The molecule has 3 N–H and O–H groups in total. The number of pyridine rings is 1. The summed E-state index contributed by atoms with van der Waals surface area (Å²) in [5.41, 5.74) is 5.98. The molecule has 0 aromatic carbocycles. The lowest BCUT2D eigenvalue weighted by Gasteiger charge is -2.41. The zero-order chi connectivity index (χ0) is 11.1. The molecule has 82 valence electrons. The summed E-state index contributed by atoms with van der Waals surface area (Å²) in [4.78, 5) is 4.03. The summed E-state index contributed by atoms with van der Waals surface area (Å²) in [5, 5.41) is 10.1. The lowest BCUT2D eigenvalue weighted by Crippen LogP contribution is -2.50. The smallest absolute Gasteiger partial charge is 0.130 e. The summed E-state index contributed by atoms with van der Waals surface area (Å²) in [6, 6.07) is 1.81. The minimum Gasteiger partial charge on any atom is -0.485 e. The number of nitrogens with two attached hydrogens (primary N) is 1. The molecule has 0 amide bonds. The molecule has 1 aromatic heterocycles. The second-order valence-electron chi connectivity index (χ2n) is 4.41. The minimum atomic E-state index is -0.599. The summed E-state index contributed by atoms with van der Waals surface area (Å²) in [6.07, 6.45) is 2.80. The van der Waals surface area contributed by atoms with Crippen molar-refractivity contribution in [2.45, 2.75) is 31.5 Å². The molecule has 0 radical (unpaired) electrons. The van der Waals surface area contributed by atoms with Crippen molar-refractivity contribution in [3.05, 3.63) is 24.0 Å². The van der Waals surface area contributed by atoms with E-state index in [9.17, 15) is 5.11 Å². The normalized spacial score (nSPS) is 28.0. The van der Waals surface area contributed by atoms with Crippen LogP contribution in [0.3, 0.4) is 0 Å². The first-order chi connectivity index (χ1) is 7.06. The van der Waals surface area contributed by atoms with Crippen LogP contribution in [0.4, 0.5) is 0 Å². The van der Waals surface area contributed by atoms with Gasteiger partial charge in [0.05, 0.1) is 0 Å². The Balaban J connectivity index is 2.48. The van der Waals surface area contributed by atoms with Gasteiger partial charge in [0.1, 0.15) is 17.5 Å². The minimum absolute atomic E-state index is 0.0996. The summed E-state index contributed by atoms with van der Waals surface area (Å²) < 4.78 is 5.72. The van der Waals surface area contributed by atoms with Crippen molar-refractivity contribution < 1.29 is 9.84 Å². The molecule has 1 aromatic rings. The van der Waals surface area contributed by atoms with Crippen LogP contribution in [0.2, 0.25) is 0 Å². The molecule has 0 aliphatic carbocycles. The van der Waals surface area contributed by atoms with Crippen molar-refractivity contribution in [3.8, 4) is 5.75 Å². The van der Waals surface area contributed by atoms with Crippen LogP contribution in [0.15, 0.2) is 18.5 Å². The average Bonchev–Trinajstić information content (AvgIpc) is 2.19. The Morgan fingerprint density at radius 1 is 1.60 bits per heavy atom. The van der Waals surface area contributed by atoms with Crippen LogP contribution in [0, 0.1) is 0 Å². The van der Waals surface area contributed by atoms with Gasteiger partial charge in [-0.15, -0.1) is 0 Å². The van der Waals surface area contributed by atoms with Crippen LogP contribution in [0.25, 0.3) is 0 Å². The number of fused-ring (bicyclic) bond motifs is 1. The van der Waals surface area contributed by atoms with Gasteiger partial charge in [0, 0.05) is 30.4 Å². The molecule has 4 nitrogen and oxygen atoms in total. The molecule has 2 rings (SSSR count). The van der Waals surface area contributed by atoms with E-state index in [2.05, 4.69) is 4.98 Å². The summed E-state index contributed by atoms with van der Waals surface area (Å²) in [5.74, 6) is 0.674. The van der Waals surface area contributed by atoms with Crippen LogP contribution in [-0.4, -0.2) is 28.3 Å². The van der Waals surface area contributed by atoms with Crippen LogP contribution in [0.5, 0.6) is 5.75 Å². The van der Waals surface area contributed by atoms with Gasteiger partial charge >= 0.3 is 0 Å². The van der Waals surface area contributed by atoms with Gasteiger partial charge in [-0.05, 0) is 19.9 Å². The topological polar surface area (TPSA) is 68.4 Å². The maximum absolute atomic E-state index is 10.1. The fourth-order valence-electron chi connectivity index (χ4n) is 2.02. The van der Waals surface area contributed by atoms with E-state index in [1.807, 2.05) is 19.9 Å². The number of aliphatic hydroxyl groups is 1. The quantitative estimate of drug-likeness (QED) is 0.711. The summed E-state index contributed by atoms with van der Waals surface area (Å²) >= 11 is 0. The lowest BCUT2D eigenvalue weighted by molar-refractivity contribution is -0.0567. The lowest BCUT2D eigenvalue weighted by atomic mass is 9.82. The second-order valence-corrected chi connectivity index (χ2v) is 4.41. The molecule has 1 aliphatic heterocycles. The maximum Gasteiger partial charge on any atom is 0.130 e. The van der Waals surface area contributed by atoms with Crippen LogP contribution in [-0.2, 0) is 0 Å². The molecule has 0 spiro atoms. The molecule has 0 saturated carbocycles. The van der Waals surface area contributed by atoms with Crippen molar-refractivity contribution in [2.24, 2.45) is 5.73 Å². The Kier molecular flexibility index (Phi) is 2.40. The van der Waals surface area contributed by atoms with Crippen molar-refractivity contribution in [1.82, 2.24) is 4.98 Å². The van der Waals surface area contributed by atoms with Crippen LogP contribution < -0.4 is 10.5 Å². The molecule has 0 bridgehead atoms. The maximum atomic E-state index is 10.1. The fourth-order valence-corrected chi connectivity index (χ4v) is 2.02. The fraction of sp³-hybridized carbons (Fsp3) is 0.545. The van der Waals surface area contributed by atoms with Gasteiger partial charge in [-0.3, -0.25) is 4.98 Å². The Bertz CT molecular complexity index is 365. The first-order valence-electron chi connectivity index (χ1n) is 5.07. The van der Waals surface area contributed by atoms with Crippen LogP contribution >= 0.6 is 0 Å². The third-order valence-corrected chi connectivity index (χ3v) is 2.93. The van der Waals surface area contributed by atoms with E-state index in [-0.39, 0.29) is 5.92 Å². The van der Waals surface area contributed by atoms with Crippen molar-refractivity contribution >= 4 is 0 Å². The van der Waals surface area contributed by atoms with E-state index in [1.165, 1.54) is 0 Å². The van der Waals surface area contributed by atoms with E-state index in [4.69, 9.17) is 10.5 Å². The predicted molar refractivity (Wildman–Crippen MR) is 56.7 cm³/mol. The summed E-state index contributed by atoms with van der Waals surface area (Å²) in [6.45, 7) is 4.13. The zero-order valence-electron chi connectivity index (χ0n) is 8.97. The second kappa shape index (κ2) is 3.47. The van der Waals surface area contributed by atoms with Crippen molar-refractivity contribution in [3.63, 3.8) is 0 Å². The molecular weight excluding hydrogens is 192 g/mol. The van der Waals surface area contributed by atoms with E-state index in [0.717, 1.165) is 11.3 Å². The molecule has 2 heterocycles. The highest BCUT2D eigenvalue weighted by Gasteiger charge is 2.42. The highest BCUT2D eigenvalue weighted by atomic mass is 16.5. The van der Waals surface area contributed by atoms with Gasteiger partial charge < -0.3 is 15.6 Å². The first-order valence-corrected chi connectivity index (χ1v) is 5.07. The molecule has 0 saturated heterocycles. The average molecular weight is 208 g/mol. The molecule has 4 heteroatoms. The van der Waals surface area contributed by atoms with E-state index in [1.54, 1.807) is 12.4 Å². The molecule has 0 fully saturated rings. The van der Waals surface area contributed by atoms with E-state index in [0.29, 0.717) is 6.54 Å². The third-order valence-electron chi connectivity index (χ3n) is 2.93. The third kappa shape index (κ3) is 1.60. The number of aliphatic hydroxyl groups excluding tert-OH is 1. The molecule has 2 unspecified atom stereocenters. The standard InChI is InChI=1S/C11H16N2O2/c1-11(2)10(14)7(5-12)8-6-13-4-3-9(8)15-11/h3-4,6-7,10,14H,5,12H2,1-2H3. The largest absolute Gasteiger partial charge is 0.485 e. The van der Waals surface area contributed by atoms with E-state index < -0.39 is 11.7 Å². The number of hydrogen-bond donors (Lipinski definition) is 2. The Labute approximate surface area is 89.1 Å². The van der Waals surface area contributed by atoms with Crippen LogP contribution in [0.1, 0.15) is 25.3 Å². The number of ether oxygens (including phenoxy) is 1. The van der Waals surface area contributed by atoms with Gasteiger partial charge in [-0.2, -0.15) is 0 Å². The highest BCUT2D eigenvalue weighted by molar-refractivity contribution is 5.38. The molecule has 1 aliphatic rings. The SMILES string of the molecule is CC1(C)Oc2ccncc2C(CN)C1O. The van der Waals surface area contributed by atoms with Gasteiger partial charge in [0.25, 0.3) is 0 Å².